The highest BCUT2D eigenvalue weighted by atomic mass is 16.3. The molecule has 5 nitrogen and oxygen atoms in total. The molecule has 5 heteroatoms. The lowest BCUT2D eigenvalue weighted by atomic mass is 10.0. The van der Waals surface area contributed by atoms with E-state index in [0.29, 0.717) is 0 Å². The van der Waals surface area contributed by atoms with Crippen molar-refractivity contribution in [3.05, 3.63) is 206 Å². The van der Waals surface area contributed by atoms with Crippen LogP contribution >= 0.6 is 0 Å². The summed E-state index contributed by atoms with van der Waals surface area (Å²) in [5, 5.41) is 12.0. The minimum atomic E-state index is 0.819. The number of nitrogens with zero attached hydrogens (tertiary/aromatic N) is 4. The third-order valence-electron chi connectivity index (χ3n) is 13.1. The zero-order valence-corrected chi connectivity index (χ0v) is 33.8. The number of furan rings is 1. The summed E-state index contributed by atoms with van der Waals surface area (Å²) in [6, 6.07) is 73.8. The molecule has 0 aliphatic carbocycles. The van der Waals surface area contributed by atoms with Crippen molar-refractivity contribution in [2.45, 2.75) is 0 Å². The van der Waals surface area contributed by atoms with Gasteiger partial charge in [-0.3, -0.25) is 0 Å². The second kappa shape index (κ2) is 13.0. The number of hydrogen-bond acceptors (Lipinski definition) is 3. The molecule has 0 fully saturated rings. The van der Waals surface area contributed by atoms with Gasteiger partial charge >= 0.3 is 0 Å². The summed E-state index contributed by atoms with van der Waals surface area (Å²) in [4.78, 5) is 10.5. The molecule has 0 aliphatic rings. The van der Waals surface area contributed by atoms with Crippen LogP contribution in [0.4, 0.5) is 0 Å². The number of aromatic nitrogens is 4. The average molecular weight is 803 g/mol. The Morgan fingerprint density at radius 2 is 0.905 bits per heavy atom. The lowest BCUT2D eigenvalue weighted by Crippen LogP contribution is -1.97. The molecule has 0 N–H and O–H groups in total. The van der Waals surface area contributed by atoms with Gasteiger partial charge in [0.25, 0.3) is 0 Å². The standard InChI is InChI=1S/C58H34N4O/c1-2-12-42-35(11-1)24-30-47-43-13-3-9-19-52(43)62(58(42)47)41-28-23-37-32-48-44-14-4-8-18-51(44)61(53(48)33-39(37)31-41)40-26-21-36(22-27-40)56-57(60-50-17-7-6-16-49(50)59-56)38-25-29-46-45-15-5-10-20-54(45)63-55(46)34-38/h1-34H. The Hall–Kier alpha value is -8.54. The van der Waals surface area contributed by atoms with E-state index in [4.69, 9.17) is 14.4 Å². The van der Waals surface area contributed by atoms with Crippen LogP contribution in [0.5, 0.6) is 0 Å². The molecule has 0 saturated carbocycles. The first kappa shape index (κ1) is 34.2. The number of benzene rings is 10. The Labute approximate surface area is 360 Å². The summed E-state index contributed by atoms with van der Waals surface area (Å²) in [7, 11) is 0. The monoisotopic (exact) mass is 802 g/mol. The maximum Gasteiger partial charge on any atom is 0.136 e. The second-order valence-corrected chi connectivity index (χ2v) is 16.6. The van der Waals surface area contributed by atoms with Crippen molar-refractivity contribution in [1.29, 1.82) is 0 Å². The van der Waals surface area contributed by atoms with Crippen LogP contribution in [0.15, 0.2) is 211 Å². The summed E-state index contributed by atoms with van der Waals surface area (Å²) < 4.78 is 11.2. The van der Waals surface area contributed by atoms with Gasteiger partial charge in [-0.05, 0) is 95.0 Å². The van der Waals surface area contributed by atoms with Gasteiger partial charge in [-0.2, -0.15) is 0 Å². The van der Waals surface area contributed by atoms with Crippen molar-refractivity contribution in [3.63, 3.8) is 0 Å². The molecule has 10 aromatic carbocycles. The molecule has 63 heavy (non-hydrogen) atoms. The van der Waals surface area contributed by atoms with E-state index < -0.39 is 0 Å². The molecule has 0 radical (unpaired) electrons. The van der Waals surface area contributed by atoms with Crippen molar-refractivity contribution in [3.8, 4) is 33.9 Å². The van der Waals surface area contributed by atoms with Crippen LogP contribution in [-0.4, -0.2) is 19.1 Å². The van der Waals surface area contributed by atoms with E-state index >= 15 is 0 Å². The molecule has 0 saturated heterocycles. The Bertz CT molecular complexity index is 4210. The molecule has 4 heterocycles. The predicted octanol–water partition coefficient (Wildman–Crippen LogP) is 15.4. The Kier molecular flexibility index (Phi) is 7.05. The van der Waals surface area contributed by atoms with Gasteiger partial charge in [0, 0.05) is 60.2 Å². The maximum absolute atomic E-state index is 6.32. The quantitative estimate of drug-likeness (QED) is 0.178. The first-order valence-corrected chi connectivity index (χ1v) is 21.4. The van der Waals surface area contributed by atoms with Crippen LogP contribution in [-0.2, 0) is 0 Å². The van der Waals surface area contributed by atoms with Gasteiger partial charge in [0.2, 0.25) is 0 Å². The topological polar surface area (TPSA) is 48.8 Å². The number of hydrogen-bond donors (Lipinski definition) is 0. The Balaban J connectivity index is 0.935. The lowest BCUT2D eigenvalue weighted by molar-refractivity contribution is 0.669. The molecule has 0 unspecified atom stereocenters. The highest BCUT2D eigenvalue weighted by molar-refractivity contribution is 6.19. The van der Waals surface area contributed by atoms with Crippen molar-refractivity contribution in [1.82, 2.24) is 19.1 Å². The fraction of sp³-hybridized carbons (Fsp3) is 0. The molecular weight excluding hydrogens is 769 g/mol. The summed E-state index contributed by atoms with van der Waals surface area (Å²) >= 11 is 0. The summed E-state index contributed by atoms with van der Waals surface area (Å²) in [5.41, 5.74) is 14.0. The number of fused-ring (bicyclic) bond motifs is 13. The summed E-state index contributed by atoms with van der Waals surface area (Å²) in [6.07, 6.45) is 0. The van der Waals surface area contributed by atoms with Crippen LogP contribution in [0.2, 0.25) is 0 Å². The summed E-state index contributed by atoms with van der Waals surface area (Å²) in [6.45, 7) is 0. The molecule has 0 atom stereocenters. The molecule has 292 valence electrons. The van der Waals surface area contributed by atoms with Gasteiger partial charge in [0.05, 0.1) is 44.5 Å². The SMILES string of the molecule is c1ccc2c(c1)ccc1c3ccccc3n(-c3ccc4cc5c6ccccc6n(-c6ccc(-c7nc8ccccc8nc7-c7ccc8c(c7)oc7ccccc78)cc6)c5cc4c3)c21. The fourth-order valence-electron chi connectivity index (χ4n) is 10.2. The van der Waals surface area contributed by atoms with Gasteiger partial charge in [-0.1, -0.05) is 127 Å². The highest BCUT2D eigenvalue weighted by Crippen LogP contribution is 2.41. The van der Waals surface area contributed by atoms with Gasteiger partial charge < -0.3 is 13.6 Å². The zero-order valence-electron chi connectivity index (χ0n) is 33.8. The highest BCUT2D eigenvalue weighted by Gasteiger charge is 2.19. The van der Waals surface area contributed by atoms with Crippen molar-refractivity contribution in [2.75, 3.05) is 0 Å². The van der Waals surface area contributed by atoms with Crippen molar-refractivity contribution >= 4 is 98.1 Å². The molecule has 4 aromatic heterocycles. The van der Waals surface area contributed by atoms with Crippen molar-refractivity contribution in [2.24, 2.45) is 0 Å². The maximum atomic E-state index is 6.32. The van der Waals surface area contributed by atoms with Crippen LogP contribution in [0.1, 0.15) is 0 Å². The first-order chi connectivity index (χ1) is 31.2. The van der Waals surface area contributed by atoms with Gasteiger partial charge in [-0.25, -0.2) is 9.97 Å². The number of para-hydroxylation sites is 5. The Morgan fingerprint density at radius 1 is 0.317 bits per heavy atom. The second-order valence-electron chi connectivity index (χ2n) is 16.6. The summed E-state index contributed by atoms with van der Waals surface area (Å²) in [5.74, 6) is 0. The average Bonchev–Trinajstić information content (AvgIpc) is 4.00. The molecule has 14 aromatic rings. The number of rotatable bonds is 4. The Morgan fingerprint density at radius 3 is 1.71 bits per heavy atom. The molecule has 0 spiro atoms. The van der Waals surface area contributed by atoms with Gasteiger partial charge in [0.15, 0.2) is 0 Å². The van der Waals surface area contributed by atoms with Gasteiger partial charge in [-0.15, -0.1) is 0 Å². The van der Waals surface area contributed by atoms with E-state index in [0.717, 1.165) is 77.9 Å². The largest absolute Gasteiger partial charge is 0.456 e. The van der Waals surface area contributed by atoms with Crippen LogP contribution in [0, 0.1) is 0 Å². The minimum absolute atomic E-state index is 0.819. The molecule has 0 aliphatic heterocycles. The van der Waals surface area contributed by atoms with E-state index in [1.807, 2.05) is 36.4 Å². The van der Waals surface area contributed by atoms with Crippen LogP contribution in [0.3, 0.4) is 0 Å². The lowest BCUT2D eigenvalue weighted by Gasteiger charge is -2.13. The smallest absolute Gasteiger partial charge is 0.136 e. The van der Waals surface area contributed by atoms with E-state index in [9.17, 15) is 0 Å². The van der Waals surface area contributed by atoms with E-state index in [2.05, 4.69) is 179 Å². The third kappa shape index (κ3) is 5.05. The van der Waals surface area contributed by atoms with Crippen molar-refractivity contribution < 1.29 is 4.42 Å². The van der Waals surface area contributed by atoms with E-state index in [1.165, 1.54) is 54.1 Å². The first-order valence-electron chi connectivity index (χ1n) is 21.4. The van der Waals surface area contributed by atoms with Gasteiger partial charge in [0.1, 0.15) is 11.2 Å². The molecular formula is C58H34N4O. The fourth-order valence-corrected chi connectivity index (χ4v) is 10.2. The van der Waals surface area contributed by atoms with E-state index in [1.54, 1.807) is 0 Å². The predicted molar refractivity (Wildman–Crippen MR) is 261 cm³/mol. The molecule has 0 amide bonds. The van der Waals surface area contributed by atoms with E-state index in [-0.39, 0.29) is 0 Å². The molecule has 14 rings (SSSR count). The third-order valence-corrected chi connectivity index (χ3v) is 13.1. The zero-order chi connectivity index (χ0) is 41.2. The van der Waals surface area contributed by atoms with Crippen LogP contribution < -0.4 is 0 Å². The van der Waals surface area contributed by atoms with Crippen LogP contribution in [0.25, 0.3) is 132 Å². The minimum Gasteiger partial charge on any atom is -0.456 e. The normalized spacial score (nSPS) is 12.1. The molecule has 0 bridgehead atoms.